The molecule has 1 aliphatic carbocycles. The molecule has 110 valence electrons. The Labute approximate surface area is 124 Å². The van der Waals surface area contributed by atoms with Crippen LogP contribution in [0.25, 0.3) is 5.69 Å². The van der Waals surface area contributed by atoms with Crippen LogP contribution >= 0.6 is 0 Å². The van der Waals surface area contributed by atoms with Crippen molar-refractivity contribution in [3.05, 3.63) is 36.7 Å². The van der Waals surface area contributed by atoms with Gasteiger partial charge in [0.1, 0.15) is 18.2 Å². The summed E-state index contributed by atoms with van der Waals surface area (Å²) in [6, 6.07) is 10.1. The largest absolute Gasteiger partial charge is 0.458 e. The van der Waals surface area contributed by atoms with Crippen LogP contribution in [-0.4, -0.2) is 26.7 Å². The van der Waals surface area contributed by atoms with Crippen LogP contribution in [0.15, 0.2) is 36.7 Å². The van der Waals surface area contributed by atoms with Gasteiger partial charge in [-0.05, 0) is 25.0 Å². The standard InChI is InChI=1S/C16H19N3O2/c1-3-16(4-2)13(20)10-14(16)21-15-17-11-19(18-15)12-8-6-5-7-9-12/h5-9,11,14H,3-4,10H2,1-2H3. The maximum absolute atomic E-state index is 11.9. The summed E-state index contributed by atoms with van der Waals surface area (Å²) >= 11 is 0. The van der Waals surface area contributed by atoms with Crippen LogP contribution in [0.1, 0.15) is 33.1 Å². The van der Waals surface area contributed by atoms with E-state index < -0.39 is 0 Å². The molecule has 1 aromatic heterocycles. The van der Waals surface area contributed by atoms with E-state index in [1.807, 2.05) is 44.2 Å². The molecule has 1 aromatic carbocycles. The molecule has 1 fully saturated rings. The third-order valence-corrected chi connectivity index (χ3v) is 4.54. The van der Waals surface area contributed by atoms with E-state index in [0.717, 1.165) is 18.5 Å². The fraction of sp³-hybridized carbons (Fsp3) is 0.438. The average Bonchev–Trinajstić information content (AvgIpc) is 2.98. The second-order valence-corrected chi connectivity index (χ2v) is 5.40. The van der Waals surface area contributed by atoms with E-state index in [9.17, 15) is 4.79 Å². The van der Waals surface area contributed by atoms with Gasteiger partial charge in [0.2, 0.25) is 0 Å². The average molecular weight is 285 g/mol. The van der Waals surface area contributed by atoms with Gasteiger partial charge in [-0.1, -0.05) is 32.0 Å². The van der Waals surface area contributed by atoms with Gasteiger partial charge >= 0.3 is 6.01 Å². The summed E-state index contributed by atoms with van der Waals surface area (Å²) in [5.74, 6) is 0.292. The topological polar surface area (TPSA) is 57.0 Å². The van der Waals surface area contributed by atoms with Crippen LogP contribution in [0.4, 0.5) is 0 Å². The number of nitrogens with zero attached hydrogens (tertiary/aromatic N) is 3. The number of aromatic nitrogens is 3. The molecule has 5 nitrogen and oxygen atoms in total. The van der Waals surface area contributed by atoms with Gasteiger partial charge in [-0.15, -0.1) is 5.10 Å². The van der Waals surface area contributed by atoms with Crippen LogP contribution in [0, 0.1) is 5.41 Å². The van der Waals surface area contributed by atoms with Crippen molar-refractivity contribution < 1.29 is 9.53 Å². The number of hydrogen-bond acceptors (Lipinski definition) is 4. The van der Waals surface area contributed by atoms with E-state index in [2.05, 4.69) is 10.1 Å². The summed E-state index contributed by atoms with van der Waals surface area (Å²) in [5.41, 5.74) is 0.583. The van der Waals surface area contributed by atoms with Crippen LogP contribution in [0.3, 0.4) is 0 Å². The number of Topliss-reactive ketones (excluding diaryl/α,β-unsaturated/α-hetero) is 1. The molecule has 1 aliphatic rings. The lowest BCUT2D eigenvalue weighted by Gasteiger charge is -2.45. The number of ether oxygens (including phenoxy) is 1. The van der Waals surface area contributed by atoms with E-state index in [0.29, 0.717) is 18.2 Å². The first-order chi connectivity index (χ1) is 10.2. The minimum Gasteiger partial charge on any atom is -0.458 e. The van der Waals surface area contributed by atoms with Crippen LogP contribution in [-0.2, 0) is 4.79 Å². The number of hydrogen-bond donors (Lipinski definition) is 0. The number of para-hydroxylation sites is 1. The zero-order valence-corrected chi connectivity index (χ0v) is 12.3. The van der Waals surface area contributed by atoms with Gasteiger partial charge in [-0.2, -0.15) is 4.98 Å². The van der Waals surface area contributed by atoms with Crippen molar-refractivity contribution in [3.8, 4) is 11.7 Å². The zero-order chi connectivity index (χ0) is 14.9. The molecule has 0 N–H and O–H groups in total. The van der Waals surface area contributed by atoms with Crippen molar-refractivity contribution >= 4 is 5.78 Å². The fourth-order valence-corrected chi connectivity index (χ4v) is 3.00. The van der Waals surface area contributed by atoms with E-state index in [-0.39, 0.29) is 11.5 Å². The molecule has 2 aromatic rings. The first-order valence-electron chi connectivity index (χ1n) is 7.36. The van der Waals surface area contributed by atoms with Crippen LogP contribution < -0.4 is 4.74 Å². The Bertz CT molecular complexity index is 632. The Hall–Kier alpha value is -2.17. The van der Waals surface area contributed by atoms with Crippen molar-refractivity contribution in [1.82, 2.24) is 14.8 Å². The van der Waals surface area contributed by atoms with E-state index in [4.69, 9.17) is 4.74 Å². The molecular weight excluding hydrogens is 266 g/mol. The highest BCUT2D eigenvalue weighted by atomic mass is 16.5. The molecule has 0 aliphatic heterocycles. The number of ketones is 1. The van der Waals surface area contributed by atoms with Crippen molar-refractivity contribution in [2.24, 2.45) is 5.41 Å². The minimum atomic E-state index is -0.349. The van der Waals surface area contributed by atoms with Gasteiger partial charge in [-0.25, -0.2) is 4.68 Å². The number of benzene rings is 1. The van der Waals surface area contributed by atoms with Crippen molar-refractivity contribution in [3.63, 3.8) is 0 Å². The molecule has 0 spiro atoms. The van der Waals surface area contributed by atoms with Gasteiger partial charge in [0.05, 0.1) is 11.1 Å². The predicted octanol–water partition coefficient (Wildman–Crippen LogP) is 2.79. The molecular formula is C16H19N3O2. The maximum atomic E-state index is 11.9. The van der Waals surface area contributed by atoms with E-state index in [1.54, 1.807) is 11.0 Å². The van der Waals surface area contributed by atoms with E-state index >= 15 is 0 Å². The molecule has 0 saturated heterocycles. The van der Waals surface area contributed by atoms with Crippen LogP contribution in [0.5, 0.6) is 6.01 Å². The summed E-state index contributed by atoms with van der Waals surface area (Å²) in [4.78, 5) is 16.1. The third kappa shape index (κ3) is 2.22. The highest BCUT2D eigenvalue weighted by Crippen LogP contribution is 2.45. The highest BCUT2D eigenvalue weighted by Gasteiger charge is 2.54. The van der Waals surface area contributed by atoms with E-state index in [1.165, 1.54) is 0 Å². The molecule has 1 saturated carbocycles. The first-order valence-corrected chi connectivity index (χ1v) is 7.36. The van der Waals surface area contributed by atoms with Gasteiger partial charge in [0.25, 0.3) is 0 Å². The molecule has 1 heterocycles. The summed E-state index contributed by atoms with van der Waals surface area (Å²) in [5, 5.41) is 4.33. The molecule has 3 rings (SSSR count). The molecule has 1 atom stereocenters. The van der Waals surface area contributed by atoms with Crippen molar-refractivity contribution in [2.45, 2.75) is 39.2 Å². The van der Waals surface area contributed by atoms with Crippen molar-refractivity contribution in [1.29, 1.82) is 0 Å². The summed E-state index contributed by atoms with van der Waals surface area (Å²) < 4.78 is 7.53. The molecule has 5 heteroatoms. The molecule has 1 unspecified atom stereocenters. The molecule has 21 heavy (non-hydrogen) atoms. The van der Waals surface area contributed by atoms with Gasteiger partial charge < -0.3 is 4.74 Å². The maximum Gasteiger partial charge on any atom is 0.336 e. The van der Waals surface area contributed by atoms with Crippen LogP contribution in [0.2, 0.25) is 0 Å². The normalized spacial score (nSPS) is 20.1. The Morgan fingerprint density at radius 3 is 2.62 bits per heavy atom. The smallest absolute Gasteiger partial charge is 0.336 e. The fourth-order valence-electron chi connectivity index (χ4n) is 3.00. The van der Waals surface area contributed by atoms with Crippen molar-refractivity contribution in [2.75, 3.05) is 0 Å². The quantitative estimate of drug-likeness (QED) is 0.847. The minimum absolute atomic E-state index is 0.105. The molecule has 0 radical (unpaired) electrons. The monoisotopic (exact) mass is 285 g/mol. The second-order valence-electron chi connectivity index (χ2n) is 5.40. The lowest BCUT2D eigenvalue weighted by atomic mass is 9.61. The lowest BCUT2D eigenvalue weighted by Crippen LogP contribution is -2.56. The predicted molar refractivity (Wildman–Crippen MR) is 78.4 cm³/mol. The Morgan fingerprint density at radius 2 is 2.00 bits per heavy atom. The zero-order valence-electron chi connectivity index (χ0n) is 12.3. The second kappa shape index (κ2) is 5.31. The molecule has 0 bridgehead atoms. The van der Waals surface area contributed by atoms with Gasteiger partial charge in [0.15, 0.2) is 0 Å². The van der Waals surface area contributed by atoms with Gasteiger partial charge in [0, 0.05) is 6.42 Å². The SMILES string of the molecule is CCC1(CC)C(=O)CC1Oc1ncn(-c2ccccc2)n1. The Kier molecular flexibility index (Phi) is 3.49. The third-order valence-electron chi connectivity index (χ3n) is 4.54. The molecule has 0 amide bonds. The Morgan fingerprint density at radius 1 is 1.29 bits per heavy atom. The summed E-state index contributed by atoms with van der Waals surface area (Å²) in [7, 11) is 0. The first kappa shape index (κ1) is 13.8. The summed E-state index contributed by atoms with van der Waals surface area (Å²) in [6.45, 7) is 4.07. The number of carbonyl (C=O) groups excluding carboxylic acids is 1. The lowest BCUT2D eigenvalue weighted by molar-refractivity contribution is -0.154. The number of rotatable bonds is 5. The summed E-state index contributed by atoms with van der Waals surface area (Å²) in [6.07, 6.45) is 3.58. The number of carbonyl (C=O) groups is 1. The highest BCUT2D eigenvalue weighted by molar-refractivity contribution is 5.92. The van der Waals surface area contributed by atoms with Gasteiger partial charge in [-0.3, -0.25) is 4.79 Å². The Balaban J connectivity index is 1.75.